The van der Waals surface area contributed by atoms with E-state index >= 15 is 0 Å². The number of aromatic amines is 1. The highest BCUT2D eigenvalue weighted by atomic mass is 32.2. The summed E-state index contributed by atoms with van der Waals surface area (Å²) in [7, 11) is -3.45. The number of thioether (sulfide) groups is 1. The molecule has 3 rings (SSSR count). The van der Waals surface area contributed by atoms with Gasteiger partial charge in [-0.25, -0.2) is 13.4 Å². The highest BCUT2D eigenvalue weighted by Crippen LogP contribution is 2.21. The lowest BCUT2D eigenvalue weighted by Gasteiger charge is -2.15. The van der Waals surface area contributed by atoms with Crippen LogP contribution in [0.4, 0.5) is 0 Å². The Labute approximate surface area is 167 Å². The van der Waals surface area contributed by atoms with E-state index in [2.05, 4.69) is 15.3 Å². The molecule has 0 aliphatic carbocycles. The van der Waals surface area contributed by atoms with Crippen molar-refractivity contribution in [3.05, 3.63) is 57.8 Å². The quantitative estimate of drug-likeness (QED) is 0.697. The molecule has 0 bridgehead atoms. The van der Waals surface area contributed by atoms with E-state index in [1.807, 2.05) is 6.26 Å². The summed E-state index contributed by atoms with van der Waals surface area (Å²) in [6.45, 7) is 1.32. The molecule has 0 unspecified atom stereocenters. The van der Waals surface area contributed by atoms with Crippen LogP contribution >= 0.6 is 11.8 Å². The van der Waals surface area contributed by atoms with Gasteiger partial charge in [0.1, 0.15) is 11.5 Å². The van der Waals surface area contributed by atoms with Gasteiger partial charge in [-0.1, -0.05) is 12.1 Å². The molecule has 1 aromatic heterocycles. The summed E-state index contributed by atoms with van der Waals surface area (Å²) in [5.74, 6) is 0.493. The van der Waals surface area contributed by atoms with Crippen molar-refractivity contribution >= 4 is 27.7 Å². The molecule has 0 radical (unpaired) electrons. The number of amides is 1. The molecule has 2 N–H and O–H groups in total. The number of nitrogens with one attached hydrogen (secondary N) is 2. The van der Waals surface area contributed by atoms with Gasteiger partial charge in [0.2, 0.25) is 10.0 Å². The lowest BCUT2D eigenvalue weighted by Crippen LogP contribution is -2.28. The van der Waals surface area contributed by atoms with Crippen LogP contribution in [0.3, 0.4) is 0 Å². The van der Waals surface area contributed by atoms with E-state index in [0.29, 0.717) is 24.7 Å². The van der Waals surface area contributed by atoms with Gasteiger partial charge in [-0.2, -0.15) is 16.1 Å². The first-order valence-corrected chi connectivity index (χ1v) is 11.7. The largest absolute Gasteiger partial charge is 0.347 e. The summed E-state index contributed by atoms with van der Waals surface area (Å²) in [5, 5.41) is 2.70. The Morgan fingerprint density at radius 2 is 1.93 bits per heavy atom. The minimum atomic E-state index is -3.45. The summed E-state index contributed by atoms with van der Waals surface area (Å²) < 4.78 is 26.5. The Bertz CT molecular complexity index is 997. The zero-order chi connectivity index (χ0) is 20.1. The molecule has 28 heavy (non-hydrogen) atoms. The summed E-state index contributed by atoms with van der Waals surface area (Å²) >= 11 is 1.49. The van der Waals surface area contributed by atoms with Gasteiger partial charge in [0.25, 0.3) is 11.5 Å². The molecule has 2 aromatic rings. The predicted octanol–water partition coefficient (Wildman–Crippen LogP) is 1.35. The fraction of sp³-hybridized carbons (Fsp3) is 0.389. The number of H-pyrrole nitrogens is 1. The number of rotatable bonds is 7. The summed E-state index contributed by atoms with van der Waals surface area (Å²) in [6, 6.07) is 7.61. The Balaban J connectivity index is 1.65. The molecule has 1 fully saturated rings. The number of aromatic nitrogens is 2. The first-order valence-electron chi connectivity index (χ1n) is 8.86. The van der Waals surface area contributed by atoms with E-state index in [9.17, 15) is 18.0 Å². The molecule has 1 amide bonds. The topological polar surface area (TPSA) is 112 Å². The van der Waals surface area contributed by atoms with Gasteiger partial charge in [-0.05, 0) is 36.8 Å². The molecule has 0 spiro atoms. The number of benzene rings is 1. The van der Waals surface area contributed by atoms with Crippen LogP contribution in [0.1, 0.15) is 34.7 Å². The molecule has 0 atom stereocenters. The van der Waals surface area contributed by atoms with Crippen LogP contribution in [0.25, 0.3) is 0 Å². The average Bonchev–Trinajstić information content (AvgIpc) is 3.22. The normalized spacial score (nSPS) is 14.9. The Hall–Kier alpha value is -2.17. The summed E-state index contributed by atoms with van der Waals surface area (Å²) in [6.07, 6.45) is 3.65. The first kappa shape index (κ1) is 20.6. The van der Waals surface area contributed by atoms with Crippen LogP contribution in [0.5, 0.6) is 0 Å². The van der Waals surface area contributed by atoms with E-state index < -0.39 is 15.9 Å². The summed E-state index contributed by atoms with van der Waals surface area (Å²) in [4.78, 5) is 30.9. The smallest absolute Gasteiger partial charge is 0.270 e. The molecular weight excluding hydrogens is 400 g/mol. The molecule has 2 heterocycles. The third kappa shape index (κ3) is 4.81. The highest BCUT2D eigenvalue weighted by molar-refractivity contribution is 7.97. The van der Waals surface area contributed by atoms with Crippen molar-refractivity contribution in [2.45, 2.75) is 30.0 Å². The molecule has 1 saturated heterocycles. The number of carbonyl (C=O) groups is 1. The van der Waals surface area contributed by atoms with E-state index in [-0.39, 0.29) is 22.7 Å². The molecule has 10 heteroatoms. The van der Waals surface area contributed by atoms with Crippen LogP contribution in [0.15, 0.2) is 40.0 Å². The van der Waals surface area contributed by atoms with Crippen molar-refractivity contribution in [1.82, 2.24) is 19.6 Å². The highest BCUT2D eigenvalue weighted by Gasteiger charge is 2.26. The van der Waals surface area contributed by atoms with Gasteiger partial charge >= 0.3 is 0 Å². The van der Waals surface area contributed by atoms with E-state index in [1.165, 1.54) is 16.1 Å². The minimum Gasteiger partial charge on any atom is -0.347 e. The fourth-order valence-corrected chi connectivity index (χ4v) is 4.89. The van der Waals surface area contributed by atoms with Gasteiger partial charge in [-0.3, -0.25) is 9.59 Å². The number of hydrogen-bond acceptors (Lipinski definition) is 6. The molecule has 1 aliphatic heterocycles. The summed E-state index contributed by atoms with van der Waals surface area (Å²) in [5.41, 5.74) is 0.435. The lowest BCUT2D eigenvalue weighted by molar-refractivity contribution is 0.0945. The van der Waals surface area contributed by atoms with Crippen molar-refractivity contribution in [3.8, 4) is 0 Å². The molecule has 8 nitrogen and oxygen atoms in total. The average molecular weight is 423 g/mol. The molecule has 150 valence electrons. The van der Waals surface area contributed by atoms with Gasteiger partial charge in [-0.15, -0.1) is 0 Å². The maximum Gasteiger partial charge on any atom is 0.270 e. The van der Waals surface area contributed by atoms with E-state index in [0.717, 1.165) is 24.5 Å². The SMILES string of the molecule is CSCc1nc(C(=O)NCc2ccc(S(=O)(=O)N3CCCC3)cc2)cc(=O)[nH]1. The first-order chi connectivity index (χ1) is 13.4. The van der Waals surface area contributed by atoms with E-state index in [4.69, 9.17) is 0 Å². The minimum absolute atomic E-state index is 0.0565. The van der Waals surface area contributed by atoms with Crippen molar-refractivity contribution in [2.75, 3.05) is 19.3 Å². The second-order valence-electron chi connectivity index (χ2n) is 6.45. The van der Waals surface area contributed by atoms with Crippen LogP contribution in [0, 0.1) is 0 Å². The Morgan fingerprint density at radius 1 is 1.25 bits per heavy atom. The predicted molar refractivity (Wildman–Crippen MR) is 108 cm³/mol. The van der Waals surface area contributed by atoms with Crippen molar-refractivity contribution < 1.29 is 13.2 Å². The lowest BCUT2D eigenvalue weighted by atomic mass is 10.2. The van der Waals surface area contributed by atoms with Crippen molar-refractivity contribution in [3.63, 3.8) is 0 Å². The van der Waals surface area contributed by atoms with Crippen LogP contribution in [0.2, 0.25) is 0 Å². The third-order valence-corrected chi connectivity index (χ3v) is 6.86. The van der Waals surface area contributed by atoms with Gasteiger partial charge in [0, 0.05) is 25.7 Å². The van der Waals surface area contributed by atoms with Gasteiger partial charge in [0.15, 0.2) is 0 Å². The number of hydrogen-bond donors (Lipinski definition) is 2. The number of sulfonamides is 1. The molecular formula is C18H22N4O4S2. The number of carbonyl (C=O) groups excluding carboxylic acids is 1. The van der Waals surface area contributed by atoms with Crippen LogP contribution < -0.4 is 10.9 Å². The maximum absolute atomic E-state index is 12.5. The second-order valence-corrected chi connectivity index (χ2v) is 9.25. The standard InChI is InChI=1S/C18H22N4O4S2/c1-27-12-16-20-15(10-17(23)21-16)18(24)19-11-13-4-6-14(7-5-13)28(25,26)22-8-2-3-9-22/h4-7,10H,2-3,8-9,11-12H2,1H3,(H,19,24)(H,20,21,23). The third-order valence-electron chi connectivity index (χ3n) is 4.38. The van der Waals surface area contributed by atoms with Gasteiger partial charge < -0.3 is 10.3 Å². The monoisotopic (exact) mass is 422 g/mol. The second kappa shape index (κ2) is 8.89. The molecule has 1 aliphatic rings. The fourth-order valence-electron chi connectivity index (χ4n) is 2.96. The van der Waals surface area contributed by atoms with Crippen molar-refractivity contribution in [2.24, 2.45) is 0 Å². The Kier molecular flexibility index (Phi) is 6.53. The maximum atomic E-state index is 12.5. The Morgan fingerprint density at radius 3 is 2.57 bits per heavy atom. The zero-order valence-corrected chi connectivity index (χ0v) is 17.1. The molecule has 1 aromatic carbocycles. The number of nitrogens with zero attached hydrogens (tertiary/aromatic N) is 2. The van der Waals surface area contributed by atoms with Crippen LogP contribution in [-0.2, 0) is 22.3 Å². The van der Waals surface area contributed by atoms with Gasteiger partial charge in [0.05, 0.1) is 10.6 Å². The zero-order valence-electron chi connectivity index (χ0n) is 15.5. The molecule has 0 saturated carbocycles. The van der Waals surface area contributed by atoms with Crippen LogP contribution in [-0.4, -0.2) is 47.9 Å². The van der Waals surface area contributed by atoms with E-state index in [1.54, 1.807) is 24.3 Å². The van der Waals surface area contributed by atoms with Crippen molar-refractivity contribution in [1.29, 1.82) is 0 Å².